The van der Waals surface area contributed by atoms with Crippen LogP contribution in [0, 0.1) is 0 Å². The van der Waals surface area contributed by atoms with Crippen LogP contribution in [0.15, 0.2) is 18.2 Å². The van der Waals surface area contributed by atoms with Crippen molar-refractivity contribution in [3.63, 3.8) is 0 Å². The molecule has 0 atom stereocenters. The van der Waals surface area contributed by atoms with Crippen LogP contribution in [0.2, 0.25) is 0 Å². The number of hydrogen-bond donors (Lipinski definition) is 2. The summed E-state index contributed by atoms with van der Waals surface area (Å²) in [7, 11) is 1.69. The molecule has 0 amide bonds. The van der Waals surface area contributed by atoms with Crippen LogP contribution in [-0.2, 0) is 24.0 Å². The van der Waals surface area contributed by atoms with Gasteiger partial charge in [-0.25, -0.2) is 0 Å². The SMILES string of the molecule is COCCc1cc(CCO)cc(CCO)c1. The van der Waals surface area contributed by atoms with Gasteiger partial charge in [-0.15, -0.1) is 0 Å². The summed E-state index contributed by atoms with van der Waals surface area (Å²) in [5.74, 6) is 0. The molecule has 3 nitrogen and oxygen atoms in total. The molecule has 0 unspecified atom stereocenters. The van der Waals surface area contributed by atoms with E-state index in [1.165, 1.54) is 5.56 Å². The van der Waals surface area contributed by atoms with Crippen LogP contribution < -0.4 is 0 Å². The van der Waals surface area contributed by atoms with E-state index in [0.717, 1.165) is 17.5 Å². The van der Waals surface area contributed by atoms with Gasteiger partial charge in [-0.1, -0.05) is 18.2 Å². The summed E-state index contributed by atoms with van der Waals surface area (Å²) in [5, 5.41) is 17.9. The quantitative estimate of drug-likeness (QED) is 0.725. The van der Waals surface area contributed by atoms with Crippen LogP contribution in [-0.4, -0.2) is 37.1 Å². The molecule has 0 heterocycles. The molecule has 3 heteroatoms. The standard InChI is InChI=1S/C13H20O3/c1-16-7-4-13-9-11(2-5-14)8-12(10-13)3-6-15/h8-10,14-15H,2-7H2,1H3. The third-order valence-corrected chi connectivity index (χ3v) is 2.51. The number of aliphatic hydroxyl groups excluding tert-OH is 2. The van der Waals surface area contributed by atoms with Gasteiger partial charge in [0.2, 0.25) is 0 Å². The number of methoxy groups -OCH3 is 1. The fraction of sp³-hybridized carbons (Fsp3) is 0.538. The molecule has 2 N–H and O–H groups in total. The monoisotopic (exact) mass is 224 g/mol. The molecule has 0 aliphatic rings. The lowest BCUT2D eigenvalue weighted by Crippen LogP contribution is -2.01. The molecular weight excluding hydrogens is 204 g/mol. The Morgan fingerprint density at radius 2 is 1.31 bits per heavy atom. The van der Waals surface area contributed by atoms with Crippen molar-refractivity contribution >= 4 is 0 Å². The van der Waals surface area contributed by atoms with Gasteiger partial charge in [0, 0.05) is 20.3 Å². The highest BCUT2D eigenvalue weighted by Gasteiger charge is 2.01. The van der Waals surface area contributed by atoms with E-state index >= 15 is 0 Å². The Morgan fingerprint density at radius 1 is 0.875 bits per heavy atom. The van der Waals surface area contributed by atoms with Crippen LogP contribution in [0.3, 0.4) is 0 Å². The van der Waals surface area contributed by atoms with Crippen LogP contribution in [0.1, 0.15) is 16.7 Å². The van der Waals surface area contributed by atoms with Crippen molar-refractivity contribution in [3.05, 3.63) is 34.9 Å². The van der Waals surface area contributed by atoms with Gasteiger partial charge in [0.1, 0.15) is 0 Å². The van der Waals surface area contributed by atoms with Crippen molar-refractivity contribution in [1.29, 1.82) is 0 Å². The van der Waals surface area contributed by atoms with Gasteiger partial charge in [-0.05, 0) is 36.0 Å². The lowest BCUT2D eigenvalue weighted by atomic mass is 10.0. The molecule has 1 aromatic rings. The van der Waals surface area contributed by atoms with Gasteiger partial charge in [-0.2, -0.15) is 0 Å². The van der Waals surface area contributed by atoms with E-state index in [1.807, 2.05) is 6.07 Å². The summed E-state index contributed by atoms with van der Waals surface area (Å²) in [5.41, 5.74) is 3.45. The molecule has 0 bridgehead atoms. The second-order valence-corrected chi connectivity index (χ2v) is 3.85. The van der Waals surface area contributed by atoms with Gasteiger partial charge in [0.25, 0.3) is 0 Å². The minimum Gasteiger partial charge on any atom is -0.396 e. The molecule has 0 fully saturated rings. The van der Waals surface area contributed by atoms with E-state index < -0.39 is 0 Å². The Labute approximate surface area is 96.7 Å². The minimum atomic E-state index is 0.159. The third kappa shape index (κ3) is 4.31. The van der Waals surface area contributed by atoms with Gasteiger partial charge < -0.3 is 14.9 Å². The van der Waals surface area contributed by atoms with E-state index in [-0.39, 0.29) is 13.2 Å². The molecule has 1 rings (SSSR count). The number of aliphatic hydroxyl groups is 2. The number of hydrogen-bond acceptors (Lipinski definition) is 3. The van der Waals surface area contributed by atoms with Gasteiger partial charge in [0.15, 0.2) is 0 Å². The summed E-state index contributed by atoms with van der Waals surface area (Å²) in [6, 6.07) is 6.23. The highest BCUT2D eigenvalue weighted by atomic mass is 16.5. The first-order chi connectivity index (χ1) is 7.80. The Hall–Kier alpha value is -0.900. The van der Waals surface area contributed by atoms with Gasteiger partial charge >= 0.3 is 0 Å². The van der Waals surface area contributed by atoms with Crippen LogP contribution in [0.4, 0.5) is 0 Å². The molecular formula is C13H20O3. The first-order valence-corrected chi connectivity index (χ1v) is 5.62. The van der Waals surface area contributed by atoms with Gasteiger partial charge in [-0.3, -0.25) is 0 Å². The van der Waals surface area contributed by atoms with E-state index in [1.54, 1.807) is 7.11 Å². The lowest BCUT2D eigenvalue weighted by molar-refractivity contribution is 0.202. The highest BCUT2D eigenvalue weighted by molar-refractivity contribution is 5.30. The van der Waals surface area contributed by atoms with E-state index in [4.69, 9.17) is 14.9 Å². The summed E-state index contributed by atoms with van der Waals surface area (Å²) < 4.78 is 5.05. The molecule has 16 heavy (non-hydrogen) atoms. The van der Waals surface area contributed by atoms with Crippen LogP contribution in [0.5, 0.6) is 0 Å². The Kier molecular flexibility index (Phi) is 6.08. The minimum absolute atomic E-state index is 0.159. The Bertz CT molecular complexity index is 286. The topological polar surface area (TPSA) is 49.7 Å². The van der Waals surface area contributed by atoms with Crippen molar-refractivity contribution in [1.82, 2.24) is 0 Å². The lowest BCUT2D eigenvalue weighted by Gasteiger charge is -2.08. The van der Waals surface area contributed by atoms with Crippen molar-refractivity contribution in [3.8, 4) is 0 Å². The summed E-state index contributed by atoms with van der Waals surface area (Å²) in [6.45, 7) is 1.01. The molecule has 90 valence electrons. The zero-order chi connectivity index (χ0) is 11.8. The maximum Gasteiger partial charge on any atom is 0.0502 e. The second kappa shape index (κ2) is 7.39. The van der Waals surface area contributed by atoms with Crippen LogP contribution >= 0.6 is 0 Å². The Balaban J connectivity index is 2.80. The van der Waals surface area contributed by atoms with Crippen molar-refractivity contribution < 1.29 is 14.9 Å². The fourth-order valence-electron chi connectivity index (χ4n) is 1.75. The second-order valence-electron chi connectivity index (χ2n) is 3.85. The van der Waals surface area contributed by atoms with E-state index in [2.05, 4.69) is 12.1 Å². The third-order valence-electron chi connectivity index (χ3n) is 2.51. The summed E-state index contributed by atoms with van der Waals surface area (Å²) >= 11 is 0. The first-order valence-electron chi connectivity index (χ1n) is 5.62. The molecule has 0 aliphatic heterocycles. The molecule has 0 saturated heterocycles. The van der Waals surface area contributed by atoms with E-state index in [0.29, 0.717) is 19.4 Å². The highest BCUT2D eigenvalue weighted by Crippen LogP contribution is 2.12. The molecule has 0 aromatic heterocycles. The van der Waals surface area contributed by atoms with Crippen molar-refractivity contribution in [2.75, 3.05) is 26.9 Å². The van der Waals surface area contributed by atoms with Crippen molar-refractivity contribution in [2.45, 2.75) is 19.3 Å². The zero-order valence-electron chi connectivity index (χ0n) is 9.78. The van der Waals surface area contributed by atoms with Gasteiger partial charge in [0.05, 0.1) is 6.61 Å². The maximum atomic E-state index is 8.93. The maximum absolute atomic E-state index is 8.93. The van der Waals surface area contributed by atoms with E-state index in [9.17, 15) is 0 Å². The molecule has 1 aromatic carbocycles. The number of rotatable bonds is 7. The van der Waals surface area contributed by atoms with Crippen LogP contribution in [0.25, 0.3) is 0 Å². The fourth-order valence-corrected chi connectivity index (χ4v) is 1.75. The molecule has 0 radical (unpaired) electrons. The average Bonchev–Trinajstić information content (AvgIpc) is 2.27. The normalized spacial score (nSPS) is 10.7. The predicted molar refractivity (Wildman–Crippen MR) is 63.6 cm³/mol. The first kappa shape index (κ1) is 13.2. The summed E-state index contributed by atoms with van der Waals surface area (Å²) in [6.07, 6.45) is 2.20. The smallest absolute Gasteiger partial charge is 0.0502 e. The van der Waals surface area contributed by atoms with Crippen molar-refractivity contribution in [2.24, 2.45) is 0 Å². The summed E-state index contributed by atoms with van der Waals surface area (Å²) in [4.78, 5) is 0. The largest absolute Gasteiger partial charge is 0.396 e. The number of ether oxygens (including phenoxy) is 1. The molecule has 0 aliphatic carbocycles. The predicted octanol–water partition coefficient (Wildman–Crippen LogP) is 0.945. The molecule has 0 spiro atoms. The Morgan fingerprint density at radius 3 is 1.69 bits per heavy atom. The zero-order valence-corrected chi connectivity index (χ0v) is 9.78. The molecule has 0 saturated carbocycles. The number of benzene rings is 1. The average molecular weight is 224 g/mol.